The molecular formula is C62H120N2O6P+. The van der Waals surface area contributed by atoms with Crippen molar-refractivity contribution < 1.29 is 32.9 Å². The van der Waals surface area contributed by atoms with E-state index < -0.39 is 20.0 Å². The van der Waals surface area contributed by atoms with E-state index in [0.29, 0.717) is 17.4 Å². The number of phosphoric acid groups is 1. The number of carbonyl (C=O) groups excluding carboxylic acids is 1. The van der Waals surface area contributed by atoms with Crippen LogP contribution in [-0.4, -0.2) is 73.4 Å². The monoisotopic (exact) mass is 1020 g/mol. The van der Waals surface area contributed by atoms with Gasteiger partial charge < -0.3 is 19.8 Å². The SMILES string of the molecule is CCCCC/C=C\C/C=C\CCCCCCCCCC(=O)NC(COP(=O)(O)OCC[N+](C)(C)C)C(O)/C=C/CC/C=C/CCCCCCCCCCCCCCCCCCCCCCCCCCCC. The smallest absolute Gasteiger partial charge is 0.387 e. The highest BCUT2D eigenvalue weighted by Gasteiger charge is 2.27. The van der Waals surface area contributed by atoms with E-state index in [1.54, 1.807) is 6.08 Å². The van der Waals surface area contributed by atoms with Crippen molar-refractivity contribution in [3.8, 4) is 0 Å². The van der Waals surface area contributed by atoms with Gasteiger partial charge in [0.1, 0.15) is 13.2 Å². The largest absolute Gasteiger partial charge is 0.472 e. The molecule has 0 saturated heterocycles. The van der Waals surface area contributed by atoms with Crippen LogP contribution in [0.3, 0.4) is 0 Å². The van der Waals surface area contributed by atoms with E-state index in [4.69, 9.17) is 9.05 Å². The molecule has 9 heteroatoms. The number of carbonyl (C=O) groups is 1. The maximum Gasteiger partial charge on any atom is 0.472 e. The Morgan fingerprint density at radius 2 is 0.817 bits per heavy atom. The second-order valence-electron chi connectivity index (χ2n) is 22.1. The first-order chi connectivity index (χ1) is 34.5. The number of aliphatic hydroxyl groups excluding tert-OH is 1. The first-order valence-corrected chi connectivity index (χ1v) is 32.0. The summed E-state index contributed by atoms with van der Waals surface area (Å²) in [6.45, 7) is 4.79. The third-order valence-corrected chi connectivity index (χ3v) is 14.8. The summed E-state index contributed by atoms with van der Waals surface area (Å²) in [6.07, 6.45) is 71.0. The predicted octanol–water partition coefficient (Wildman–Crippen LogP) is 18.7. The fourth-order valence-corrected chi connectivity index (χ4v) is 9.71. The number of likely N-dealkylation sites (N-methyl/N-ethyl adjacent to an activating group) is 1. The second kappa shape index (κ2) is 53.3. The van der Waals surface area contributed by atoms with Gasteiger partial charge in [0.25, 0.3) is 0 Å². The molecule has 3 atom stereocenters. The van der Waals surface area contributed by atoms with Gasteiger partial charge in [-0.1, -0.05) is 268 Å². The predicted molar refractivity (Wildman–Crippen MR) is 309 cm³/mol. The van der Waals surface area contributed by atoms with Gasteiger partial charge in [0.2, 0.25) is 5.91 Å². The van der Waals surface area contributed by atoms with Gasteiger partial charge in [-0.15, -0.1) is 0 Å². The quantitative estimate of drug-likeness (QED) is 0.0243. The summed E-state index contributed by atoms with van der Waals surface area (Å²) in [5.41, 5.74) is 0. The number of hydrogen-bond donors (Lipinski definition) is 3. The summed E-state index contributed by atoms with van der Waals surface area (Å²) in [7, 11) is 1.55. The van der Waals surface area contributed by atoms with E-state index in [0.717, 1.165) is 51.4 Å². The number of nitrogens with zero attached hydrogens (tertiary/aromatic N) is 1. The van der Waals surface area contributed by atoms with Gasteiger partial charge in [-0.05, 0) is 64.2 Å². The molecular weight excluding hydrogens is 900 g/mol. The summed E-state index contributed by atoms with van der Waals surface area (Å²) < 4.78 is 23.7. The molecule has 0 aliphatic heterocycles. The molecule has 0 spiro atoms. The van der Waals surface area contributed by atoms with E-state index in [-0.39, 0.29) is 19.1 Å². The van der Waals surface area contributed by atoms with Gasteiger partial charge in [0.05, 0.1) is 39.9 Å². The normalized spacial score (nSPS) is 14.2. The van der Waals surface area contributed by atoms with Crippen LogP contribution in [0.5, 0.6) is 0 Å². The van der Waals surface area contributed by atoms with Gasteiger partial charge in [0, 0.05) is 6.42 Å². The molecule has 71 heavy (non-hydrogen) atoms. The van der Waals surface area contributed by atoms with E-state index in [1.807, 2.05) is 27.2 Å². The summed E-state index contributed by atoms with van der Waals surface area (Å²) in [5, 5.41) is 13.9. The molecule has 0 fully saturated rings. The van der Waals surface area contributed by atoms with Gasteiger partial charge >= 0.3 is 7.82 Å². The highest BCUT2D eigenvalue weighted by molar-refractivity contribution is 7.47. The van der Waals surface area contributed by atoms with Crippen molar-refractivity contribution in [1.82, 2.24) is 5.32 Å². The molecule has 1 amide bonds. The van der Waals surface area contributed by atoms with Gasteiger partial charge in [-0.25, -0.2) is 4.57 Å². The molecule has 3 unspecified atom stereocenters. The number of allylic oxidation sites excluding steroid dienone is 7. The lowest BCUT2D eigenvalue weighted by Gasteiger charge is -2.25. The fraction of sp³-hybridized carbons (Fsp3) is 0.855. The molecule has 0 aliphatic rings. The fourth-order valence-electron chi connectivity index (χ4n) is 8.97. The van der Waals surface area contributed by atoms with Crippen LogP contribution < -0.4 is 5.32 Å². The topological polar surface area (TPSA) is 105 Å². The first kappa shape index (κ1) is 69.5. The number of quaternary nitrogens is 1. The first-order valence-electron chi connectivity index (χ1n) is 30.5. The zero-order valence-corrected chi connectivity index (χ0v) is 48.6. The van der Waals surface area contributed by atoms with E-state index >= 15 is 0 Å². The molecule has 0 saturated carbocycles. The Bertz CT molecular complexity index is 1290. The van der Waals surface area contributed by atoms with Crippen LogP contribution >= 0.6 is 7.82 Å². The van der Waals surface area contributed by atoms with Crippen LogP contribution in [0.4, 0.5) is 0 Å². The lowest BCUT2D eigenvalue weighted by Crippen LogP contribution is -2.45. The van der Waals surface area contributed by atoms with E-state index in [1.165, 1.54) is 218 Å². The van der Waals surface area contributed by atoms with E-state index in [9.17, 15) is 19.4 Å². The van der Waals surface area contributed by atoms with Crippen LogP contribution in [-0.2, 0) is 18.4 Å². The van der Waals surface area contributed by atoms with Crippen LogP contribution in [0.1, 0.15) is 290 Å². The molecule has 0 heterocycles. The molecule has 0 aromatic heterocycles. The molecule has 0 aromatic carbocycles. The van der Waals surface area contributed by atoms with Gasteiger partial charge in [-0.3, -0.25) is 13.8 Å². The molecule has 0 rings (SSSR count). The highest BCUT2D eigenvalue weighted by atomic mass is 31.2. The zero-order valence-electron chi connectivity index (χ0n) is 47.7. The summed E-state index contributed by atoms with van der Waals surface area (Å²) >= 11 is 0. The number of phosphoric ester groups is 1. The number of rotatable bonds is 56. The van der Waals surface area contributed by atoms with Crippen molar-refractivity contribution in [1.29, 1.82) is 0 Å². The van der Waals surface area contributed by atoms with Crippen LogP contribution in [0.25, 0.3) is 0 Å². The maximum atomic E-state index is 13.0. The third-order valence-electron chi connectivity index (χ3n) is 13.8. The highest BCUT2D eigenvalue weighted by Crippen LogP contribution is 2.43. The van der Waals surface area contributed by atoms with Crippen molar-refractivity contribution in [2.24, 2.45) is 0 Å². The number of nitrogens with one attached hydrogen (secondary N) is 1. The summed E-state index contributed by atoms with van der Waals surface area (Å²) in [5.74, 6) is -0.193. The van der Waals surface area contributed by atoms with Crippen LogP contribution in [0.2, 0.25) is 0 Å². The average Bonchev–Trinajstić information content (AvgIpc) is 3.33. The third kappa shape index (κ3) is 56.0. The lowest BCUT2D eigenvalue weighted by atomic mass is 10.0. The minimum atomic E-state index is -4.36. The second-order valence-corrected chi connectivity index (χ2v) is 23.5. The number of aliphatic hydroxyl groups is 1. The Morgan fingerprint density at radius 1 is 0.479 bits per heavy atom. The summed E-state index contributed by atoms with van der Waals surface area (Å²) in [4.78, 5) is 23.3. The molecule has 8 nitrogen and oxygen atoms in total. The van der Waals surface area contributed by atoms with Crippen molar-refractivity contribution in [2.45, 2.75) is 302 Å². The zero-order chi connectivity index (χ0) is 52.0. The number of hydrogen-bond acceptors (Lipinski definition) is 5. The molecule has 0 aliphatic carbocycles. The molecule has 0 radical (unpaired) electrons. The van der Waals surface area contributed by atoms with Crippen molar-refractivity contribution in [3.63, 3.8) is 0 Å². The molecule has 3 N–H and O–H groups in total. The van der Waals surface area contributed by atoms with Crippen molar-refractivity contribution in [3.05, 3.63) is 48.6 Å². The Morgan fingerprint density at radius 3 is 1.24 bits per heavy atom. The average molecular weight is 1020 g/mol. The Balaban J connectivity index is 4.14. The lowest BCUT2D eigenvalue weighted by molar-refractivity contribution is -0.870. The molecule has 0 aromatic rings. The van der Waals surface area contributed by atoms with Crippen molar-refractivity contribution in [2.75, 3.05) is 40.9 Å². The van der Waals surface area contributed by atoms with Gasteiger partial charge in [-0.2, -0.15) is 0 Å². The Kier molecular flexibility index (Phi) is 52.1. The summed E-state index contributed by atoms with van der Waals surface area (Å²) in [6, 6.07) is -0.869. The standard InChI is InChI=1S/C62H119N2O6P/c1-6-8-10-12-14-16-18-20-22-24-25-26-27-28-29-30-31-32-33-34-35-36-37-38-40-41-43-45-47-49-51-53-55-61(65)60(59-70-71(67,68)69-58-57-64(3,4)5)63-62(66)56-54-52-50-48-46-44-42-39-23-21-19-17-15-13-11-9-7-2/h15,17,21,23,45,47,53,55,60-61,65H,6-14,16,18-20,22,24-44,46,48-52,54,56-59H2,1-5H3,(H-,63,66,67,68)/p+1/b17-15-,23-21-,47-45+,55-53+. The van der Waals surface area contributed by atoms with Crippen LogP contribution in [0.15, 0.2) is 48.6 Å². The Labute approximate surface area is 441 Å². The number of unbranched alkanes of at least 4 members (excludes halogenated alkanes) is 37. The minimum Gasteiger partial charge on any atom is -0.387 e. The molecule has 0 bridgehead atoms. The molecule has 418 valence electrons. The van der Waals surface area contributed by atoms with Crippen molar-refractivity contribution >= 4 is 13.7 Å². The van der Waals surface area contributed by atoms with Gasteiger partial charge in [0.15, 0.2) is 0 Å². The Hall–Kier alpha value is -1.54. The van der Waals surface area contributed by atoms with Crippen LogP contribution in [0, 0.1) is 0 Å². The maximum absolute atomic E-state index is 13.0. The minimum absolute atomic E-state index is 0.0537. The number of amides is 1. The van der Waals surface area contributed by atoms with E-state index in [2.05, 4.69) is 55.6 Å².